The summed E-state index contributed by atoms with van der Waals surface area (Å²) in [6, 6.07) is 64.4. The number of fused-ring (bicyclic) bond motifs is 12. The van der Waals surface area contributed by atoms with Crippen LogP contribution in [0.3, 0.4) is 0 Å². The number of aromatic hydroxyl groups is 2. The van der Waals surface area contributed by atoms with Gasteiger partial charge in [-0.2, -0.15) is 0 Å². The monoisotopic (exact) mass is 1180 g/mol. The third-order valence-electron chi connectivity index (χ3n) is 13.4. The second kappa shape index (κ2) is 25.4. The molecular weight excluding hydrogens is 1120 g/mol. The summed E-state index contributed by atoms with van der Waals surface area (Å²) in [6.45, 7) is 3.33. The molecule has 13 rings (SSSR count). The first-order valence-corrected chi connectivity index (χ1v) is 33.2. The molecule has 10 aromatic rings. The number of phenolic OH excluding ortho intramolecular Hbond substituents is 2. The van der Waals surface area contributed by atoms with E-state index in [1.165, 1.54) is 18.2 Å². The van der Waals surface area contributed by atoms with E-state index in [4.69, 9.17) is 17.8 Å². The molecule has 0 spiro atoms. The first-order valence-electron chi connectivity index (χ1n) is 24.7. The van der Waals surface area contributed by atoms with Gasteiger partial charge in [-0.05, 0) is 106 Å². The zero-order valence-electron chi connectivity index (χ0n) is 42.3. The van der Waals surface area contributed by atoms with Crippen LogP contribution in [-0.4, -0.2) is 52.2 Å². The van der Waals surface area contributed by atoms with Gasteiger partial charge in [0.25, 0.3) is 14.7 Å². The van der Waals surface area contributed by atoms with Crippen LogP contribution in [0.2, 0.25) is 0 Å². The fraction of sp³-hybridized carbons (Fsp3) is 0.129. The summed E-state index contributed by atoms with van der Waals surface area (Å²) in [5, 5.41) is 24.7. The smallest absolute Gasteiger partial charge is 0.799 e. The van der Waals surface area contributed by atoms with Crippen molar-refractivity contribution in [3.05, 3.63) is 212 Å². The quantitative estimate of drug-likeness (QED) is 0.0694. The molecule has 1 aromatic heterocycles. The van der Waals surface area contributed by atoms with E-state index in [0.717, 1.165) is 49.3 Å². The van der Waals surface area contributed by atoms with Crippen LogP contribution in [0.15, 0.2) is 217 Å². The summed E-state index contributed by atoms with van der Waals surface area (Å²) in [4.78, 5) is 10.4. The Kier molecular flexibility index (Phi) is 19.3. The number of hydrogen-bond donors (Lipinski definition) is 2. The third kappa shape index (κ3) is 12.1. The van der Waals surface area contributed by atoms with Gasteiger partial charge >= 0.3 is 32.4 Å². The number of benzene rings is 9. The minimum atomic E-state index is -3.56. The van der Waals surface area contributed by atoms with Gasteiger partial charge in [-0.1, -0.05) is 168 Å². The zero-order chi connectivity index (χ0) is 54.0. The van der Waals surface area contributed by atoms with E-state index in [1.54, 1.807) is 38.1 Å². The number of hydrogen-bond acceptors (Lipinski definition) is 12. The van der Waals surface area contributed by atoms with Crippen LogP contribution in [0.25, 0.3) is 54.9 Å². The zero-order valence-corrected chi connectivity index (χ0v) is 48.0. The van der Waals surface area contributed by atoms with Crippen molar-refractivity contribution in [3.8, 4) is 62.1 Å². The fourth-order valence-electron chi connectivity index (χ4n) is 9.38. The Morgan fingerprint density at radius 2 is 0.863 bits per heavy atom. The maximum atomic E-state index is 14.2. The number of phenols is 2. The Morgan fingerprint density at radius 1 is 0.475 bits per heavy atom. The van der Waals surface area contributed by atoms with Crippen molar-refractivity contribution < 1.29 is 55.7 Å². The molecule has 0 saturated heterocycles. The number of para-hydroxylation sites is 4. The molecule has 80 heavy (non-hydrogen) atoms. The molecule has 3 aliphatic heterocycles. The maximum Gasteiger partial charge on any atom is 3.00 e. The Hall–Kier alpha value is -6.71. The molecule has 4 heterocycles. The van der Waals surface area contributed by atoms with E-state index < -0.39 is 37.1 Å². The molecule has 9 aromatic carbocycles. The van der Waals surface area contributed by atoms with Crippen molar-refractivity contribution in [3.63, 3.8) is 0 Å². The summed E-state index contributed by atoms with van der Waals surface area (Å²) in [7, 11) is -14.8. The molecule has 0 fully saturated rings. The van der Waals surface area contributed by atoms with Crippen LogP contribution >= 0.6 is 37.1 Å². The third-order valence-corrected chi connectivity index (χ3v) is 24.2. The molecule has 18 heteroatoms. The van der Waals surface area contributed by atoms with Crippen molar-refractivity contribution in [1.82, 2.24) is 0 Å². The second-order valence-corrected chi connectivity index (χ2v) is 29.4. The van der Waals surface area contributed by atoms with Crippen molar-refractivity contribution in [2.24, 2.45) is 0 Å². The number of rotatable bonds is 6. The Bertz CT molecular complexity index is 4030. The first kappa shape index (κ1) is 60.9. The molecule has 2 N–H and O–H groups in total. The molecule has 404 valence electrons. The van der Waals surface area contributed by atoms with Crippen molar-refractivity contribution >= 4 is 97.2 Å². The van der Waals surface area contributed by atoms with E-state index >= 15 is 0 Å². The predicted octanol–water partition coefficient (Wildman–Crippen LogP) is 15.6. The molecule has 4 atom stereocenters. The van der Waals surface area contributed by atoms with E-state index in [-0.39, 0.29) is 61.3 Å². The predicted molar refractivity (Wildman–Crippen MR) is 328 cm³/mol. The molecule has 0 saturated carbocycles. The van der Waals surface area contributed by atoms with E-state index in [2.05, 4.69) is 0 Å². The minimum absolute atomic E-state index is 0. The Labute approximate surface area is 477 Å². The van der Waals surface area contributed by atoms with Crippen LogP contribution in [0.1, 0.15) is 28.7 Å². The SMILES string of the molecule is C.C.CCP(=O)([O-])CC.O=P1(CCP2(=O)Oc3ccccc3-c3ccccc32)Oc2ccccc2-c2ccccc21.O=P1(c2cc(O)ccc2O)Oc2ccccc2-c2ccccc21.O=[p+]1oc2ccccc2c2ccccc21.[Al+3]. The van der Waals surface area contributed by atoms with Gasteiger partial charge in [0.15, 0.2) is 5.58 Å². The minimum Gasteiger partial charge on any atom is -0.799 e. The van der Waals surface area contributed by atoms with E-state index in [0.29, 0.717) is 51.1 Å². The van der Waals surface area contributed by atoms with E-state index in [1.807, 2.05) is 170 Å². The summed E-state index contributed by atoms with van der Waals surface area (Å²) in [5.74, 6) is 1.46. The van der Waals surface area contributed by atoms with Crippen molar-refractivity contribution in [2.75, 3.05) is 24.6 Å². The van der Waals surface area contributed by atoms with Gasteiger partial charge in [-0.25, -0.2) is 4.20 Å². The topological polar surface area (TPSA) is 190 Å². The molecule has 0 bridgehead atoms. The molecular formula is C62H59AlO12P5+3. The van der Waals surface area contributed by atoms with Crippen LogP contribution in [0, 0.1) is 0 Å². The average Bonchev–Trinajstić information content (AvgIpc) is 3.66. The van der Waals surface area contributed by atoms with Crippen LogP contribution in [-0.2, 0) is 22.8 Å². The standard InChI is InChI=1S/C26H20O4P2.C18H13O4P.C12H8O2P.C4H11O2P.2CH4.Al/c27-31(25-15-7-3-11-21(25)19-9-1-5-13-23(19)29-31)17-18-32(28)26-16-8-4-12-22(26)20-10-2-6-14-24(20)30-32;19-12-9-10-15(20)18(11-12)23(21)17-8-4-2-6-14(17)13-5-1-3-7-16(13)22-23;13-15-12-8-4-2-6-10(12)9-5-1-3-7-11(9)14-15;1-3-7(5,6)4-2;;;/h1-16H,17-18H2;1-11,19-20H;1-8H;3-4H2,1-2H3,(H,5,6);2*1H4;/q;;+1;;;;+3/p-1. The maximum absolute atomic E-state index is 14.2. The molecule has 0 aliphatic carbocycles. The van der Waals surface area contributed by atoms with Crippen LogP contribution in [0.5, 0.6) is 28.7 Å². The van der Waals surface area contributed by atoms with Gasteiger partial charge in [0, 0.05) is 47.2 Å². The Morgan fingerprint density at radius 3 is 1.35 bits per heavy atom. The average molecular weight is 1180 g/mol. The first-order chi connectivity index (χ1) is 37.1. The van der Waals surface area contributed by atoms with Gasteiger partial charge in [-0.3, -0.25) is 13.7 Å². The molecule has 0 amide bonds. The van der Waals surface area contributed by atoms with Gasteiger partial charge in [0.05, 0.1) is 21.2 Å². The van der Waals surface area contributed by atoms with Gasteiger partial charge in [-0.15, -0.1) is 0 Å². The van der Waals surface area contributed by atoms with Gasteiger partial charge in [0.2, 0.25) is 5.12 Å². The van der Waals surface area contributed by atoms with Crippen molar-refractivity contribution in [2.45, 2.75) is 28.7 Å². The fourth-order valence-corrected chi connectivity index (χ4v) is 18.9. The molecule has 3 aliphatic rings. The molecule has 12 nitrogen and oxygen atoms in total. The Balaban J connectivity index is 0.000000169. The normalized spacial score (nSPS) is 17.6. The molecule has 4 unspecified atom stereocenters. The van der Waals surface area contributed by atoms with E-state index in [9.17, 15) is 37.9 Å². The summed E-state index contributed by atoms with van der Waals surface area (Å²) in [6.07, 6.45) is 0.852. The van der Waals surface area contributed by atoms with Crippen molar-refractivity contribution in [1.29, 1.82) is 0 Å². The second-order valence-electron chi connectivity index (χ2n) is 18.1. The van der Waals surface area contributed by atoms with Gasteiger partial charge < -0.3 is 33.2 Å². The summed E-state index contributed by atoms with van der Waals surface area (Å²) in [5.41, 5.74) is 6.04. The van der Waals surface area contributed by atoms with Gasteiger partial charge in [0.1, 0.15) is 28.7 Å². The molecule has 0 radical (unpaired) electrons. The summed E-state index contributed by atoms with van der Waals surface area (Å²) < 4.78 is 87.6. The largest absolute Gasteiger partial charge is 3.00 e. The summed E-state index contributed by atoms with van der Waals surface area (Å²) >= 11 is 0. The van der Waals surface area contributed by atoms with Crippen LogP contribution in [0.4, 0.5) is 0 Å². The van der Waals surface area contributed by atoms with Crippen LogP contribution < -0.4 is 39.7 Å².